The van der Waals surface area contributed by atoms with Gasteiger partial charge < -0.3 is 4.52 Å². The second-order valence-electron chi connectivity index (χ2n) is 5.57. The van der Waals surface area contributed by atoms with Crippen LogP contribution in [0, 0.1) is 6.92 Å². The Labute approximate surface area is 135 Å². The molecule has 0 unspecified atom stereocenters. The Balaban J connectivity index is 1.75. The second kappa shape index (κ2) is 6.38. The monoisotopic (exact) mass is 327 g/mol. The van der Waals surface area contributed by atoms with E-state index in [0.29, 0.717) is 11.5 Å². The summed E-state index contributed by atoms with van der Waals surface area (Å²) in [6, 6.07) is 18.7. The normalized spacial score (nSPS) is 11.5. The largest absolute Gasteiger partial charge is 0.356 e. The fraction of sp³-hybridized carbons (Fsp3) is 0.167. The van der Waals surface area contributed by atoms with E-state index >= 15 is 0 Å². The smallest absolute Gasteiger partial charge is 0.167 e. The molecule has 3 aromatic rings. The molecule has 0 aliphatic heterocycles. The summed E-state index contributed by atoms with van der Waals surface area (Å²) in [5.74, 6) is 0.450. The van der Waals surface area contributed by atoms with Crippen LogP contribution in [-0.2, 0) is 21.3 Å². The molecule has 0 atom stereocenters. The molecule has 0 fully saturated rings. The van der Waals surface area contributed by atoms with Crippen LogP contribution in [0.25, 0.3) is 11.3 Å². The van der Waals surface area contributed by atoms with E-state index in [1.807, 2.05) is 61.5 Å². The molecule has 0 radical (unpaired) electrons. The number of aromatic nitrogens is 1. The summed E-state index contributed by atoms with van der Waals surface area (Å²) < 4.78 is 29.9. The van der Waals surface area contributed by atoms with Gasteiger partial charge in [-0.25, -0.2) is 8.42 Å². The van der Waals surface area contributed by atoms with Gasteiger partial charge in [-0.05, 0) is 12.5 Å². The average molecular weight is 327 g/mol. The molecule has 0 N–H and O–H groups in total. The highest BCUT2D eigenvalue weighted by atomic mass is 32.2. The molecule has 118 valence electrons. The van der Waals surface area contributed by atoms with E-state index in [1.54, 1.807) is 6.07 Å². The standard InChI is InChI=1S/C18H17NO3S/c1-14-6-5-7-15(10-14)12-23(20,21)13-17-11-18(22-19-17)16-8-3-2-4-9-16/h2-11H,12-13H2,1H3. The highest BCUT2D eigenvalue weighted by Gasteiger charge is 2.17. The van der Waals surface area contributed by atoms with Gasteiger partial charge in [-0.3, -0.25) is 0 Å². The van der Waals surface area contributed by atoms with Gasteiger partial charge in [0.05, 0.1) is 17.2 Å². The van der Waals surface area contributed by atoms with Crippen LogP contribution in [0.4, 0.5) is 0 Å². The van der Waals surface area contributed by atoms with E-state index in [-0.39, 0.29) is 11.5 Å². The van der Waals surface area contributed by atoms with Crippen LogP contribution in [-0.4, -0.2) is 13.6 Å². The van der Waals surface area contributed by atoms with E-state index in [1.165, 1.54) is 0 Å². The molecule has 0 bridgehead atoms. The maximum Gasteiger partial charge on any atom is 0.167 e. The van der Waals surface area contributed by atoms with Crippen molar-refractivity contribution in [2.24, 2.45) is 0 Å². The van der Waals surface area contributed by atoms with Crippen LogP contribution >= 0.6 is 0 Å². The lowest BCUT2D eigenvalue weighted by molar-refractivity contribution is 0.425. The zero-order valence-electron chi connectivity index (χ0n) is 12.8. The van der Waals surface area contributed by atoms with Crippen LogP contribution in [0.3, 0.4) is 0 Å². The molecule has 0 aliphatic rings. The van der Waals surface area contributed by atoms with E-state index in [0.717, 1.165) is 16.7 Å². The lowest BCUT2D eigenvalue weighted by Gasteiger charge is -2.03. The van der Waals surface area contributed by atoms with E-state index in [4.69, 9.17) is 4.52 Å². The first-order valence-corrected chi connectivity index (χ1v) is 9.11. The van der Waals surface area contributed by atoms with Gasteiger partial charge in [0.2, 0.25) is 0 Å². The minimum absolute atomic E-state index is 0.00219. The van der Waals surface area contributed by atoms with Crippen molar-refractivity contribution in [1.82, 2.24) is 5.16 Å². The van der Waals surface area contributed by atoms with Crippen molar-refractivity contribution < 1.29 is 12.9 Å². The molecule has 3 rings (SSSR count). The first kappa shape index (κ1) is 15.5. The van der Waals surface area contributed by atoms with Crippen molar-refractivity contribution in [3.63, 3.8) is 0 Å². The maximum absolute atomic E-state index is 12.3. The molecule has 1 heterocycles. The molecule has 0 aliphatic carbocycles. The van der Waals surface area contributed by atoms with E-state index < -0.39 is 9.84 Å². The average Bonchev–Trinajstić information content (AvgIpc) is 2.95. The van der Waals surface area contributed by atoms with E-state index in [2.05, 4.69) is 5.16 Å². The van der Waals surface area contributed by atoms with Gasteiger partial charge in [0.1, 0.15) is 0 Å². The Bertz CT molecular complexity index is 899. The van der Waals surface area contributed by atoms with Crippen LogP contribution < -0.4 is 0 Å². The van der Waals surface area contributed by atoms with Crippen molar-refractivity contribution in [2.45, 2.75) is 18.4 Å². The first-order valence-electron chi connectivity index (χ1n) is 7.29. The minimum atomic E-state index is -3.30. The number of hydrogen-bond acceptors (Lipinski definition) is 4. The molecule has 0 saturated heterocycles. The Morgan fingerprint density at radius 3 is 2.48 bits per heavy atom. The highest BCUT2D eigenvalue weighted by molar-refractivity contribution is 7.89. The summed E-state index contributed by atoms with van der Waals surface area (Å²) in [6.07, 6.45) is 0. The van der Waals surface area contributed by atoms with Crippen molar-refractivity contribution in [2.75, 3.05) is 0 Å². The quantitative estimate of drug-likeness (QED) is 0.716. The summed E-state index contributed by atoms with van der Waals surface area (Å²) in [4.78, 5) is 0. The maximum atomic E-state index is 12.3. The Morgan fingerprint density at radius 2 is 1.74 bits per heavy atom. The van der Waals surface area contributed by atoms with Crippen LogP contribution in [0.5, 0.6) is 0 Å². The third-order valence-corrected chi connectivity index (χ3v) is 4.96. The molecule has 0 spiro atoms. The molecule has 0 saturated carbocycles. The Morgan fingerprint density at radius 1 is 0.957 bits per heavy atom. The van der Waals surface area contributed by atoms with Gasteiger partial charge >= 0.3 is 0 Å². The molecule has 4 nitrogen and oxygen atoms in total. The third kappa shape index (κ3) is 4.07. The number of benzene rings is 2. The van der Waals surface area contributed by atoms with Gasteiger partial charge in [-0.15, -0.1) is 0 Å². The summed E-state index contributed by atoms with van der Waals surface area (Å²) in [7, 11) is -3.30. The second-order valence-corrected chi connectivity index (χ2v) is 7.63. The first-order chi connectivity index (χ1) is 11.0. The minimum Gasteiger partial charge on any atom is -0.356 e. The lowest BCUT2D eigenvalue weighted by atomic mass is 10.2. The summed E-state index contributed by atoms with van der Waals surface area (Å²) in [6.45, 7) is 1.94. The molecule has 5 heteroatoms. The van der Waals surface area contributed by atoms with Gasteiger partial charge in [0.15, 0.2) is 15.6 Å². The zero-order chi connectivity index (χ0) is 16.3. The van der Waals surface area contributed by atoms with Crippen LogP contribution in [0.15, 0.2) is 65.2 Å². The topological polar surface area (TPSA) is 60.2 Å². The van der Waals surface area contributed by atoms with Crippen molar-refractivity contribution in [3.8, 4) is 11.3 Å². The molecule has 0 amide bonds. The lowest BCUT2D eigenvalue weighted by Crippen LogP contribution is -2.08. The Kier molecular flexibility index (Phi) is 4.30. The summed E-state index contributed by atoms with van der Waals surface area (Å²) in [5.41, 5.74) is 3.14. The fourth-order valence-corrected chi connectivity index (χ4v) is 3.83. The molecular weight excluding hydrogens is 310 g/mol. The van der Waals surface area contributed by atoms with E-state index in [9.17, 15) is 8.42 Å². The molecule has 1 aromatic heterocycles. The summed E-state index contributed by atoms with van der Waals surface area (Å²) >= 11 is 0. The van der Waals surface area contributed by atoms with Gasteiger partial charge in [-0.1, -0.05) is 65.3 Å². The predicted octanol–water partition coefficient (Wildman–Crippen LogP) is 3.77. The van der Waals surface area contributed by atoms with Crippen LogP contribution in [0.2, 0.25) is 0 Å². The number of hydrogen-bond donors (Lipinski definition) is 0. The van der Waals surface area contributed by atoms with Crippen molar-refractivity contribution >= 4 is 9.84 Å². The van der Waals surface area contributed by atoms with Gasteiger partial charge in [-0.2, -0.15) is 0 Å². The molecular formula is C18H17NO3S. The molecule has 2 aromatic carbocycles. The predicted molar refractivity (Wildman–Crippen MR) is 89.4 cm³/mol. The molecule has 23 heavy (non-hydrogen) atoms. The highest BCUT2D eigenvalue weighted by Crippen LogP contribution is 2.21. The SMILES string of the molecule is Cc1cccc(CS(=O)(=O)Cc2cc(-c3ccccc3)on2)c1. The Hall–Kier alpha value is -2.40. The van der Waals surface area contributed by atoms with Crippen LogP contribution in [0.1, 0.15) is 16.8 Å². The fourth-order valence-electron chi connectivity index (χ4n) is 2.45. The zero-order valence-corrected chi connectivity index (χ0v) is 13.6. The summed E-state index contributed by atoms with van der Waals surface area (Å²) in [5, 5.41) is 3.88. The number of sulfone groups is 1. The van der Waals surface area contributed by atoms with Gasteiger partial charge in [0, 0.05) is 11.6 Å². The number of nitrogens with zero attached hydrogens (tertiary/aromatic N) is 1. The van der Waals surface area contributed by atoms with Crippen molar-refractivity contribution in [3.05, 3.63) is 77.5 Å². The number of aryl methyl sites for hydroxylation is 1. The third-order valence-electron chi connectivity index (χ3n) is 3.45. The van der Waals surface area contributed by atoms with Crippen molar-refractivity contribution in [1.29, 1.82) is 0 Å². The number of rotatable bonds is 5. The van der Waals surface area contributed by atoms with Gasteiger partial charge in [0.25, 0.3) is 0 Å².